The van der Waals surface area contributed by atoms with Crippen LogP contribution in [-0.4, -0.2) is 28.5 Å². The monoisotopic (exact) mass is 253 g/mol. The summed E-state index contributed by atoms with van der Waals surface area (Å²) in [5.74, 6) is 0. The number of aromatic nitrogens is 2. The first-order valence-corrected chi connectivity index (χ1v) is 7.07. The van der Waals surface area contributed by atoms with Gasteiger partial charge in [0.2, 0.25) is 0 Å². The SMILES string of the molecule is CCC(C)n1ccc(CC2(F)CCCNCC2)n1. The van der Waals surface area contributed by atoms with Gasteiger partial charge in [0.15, 0.2) is 0 Å². The average molecular weight is 253 g/mol. The summed E-state index contributed by atoms with van der Waals surface area (Å²) in [5, 5.41) is 7.76. The lowest BCUT2D eigenvalue weighted by Crippen LogP contribution is -2.27. The van der Waals surface area contributed by atoms with Gasteiger partial charge in [-0.2, -0.15) is 5.10 Å². The van der Waals surface area contributed by atoms with Crippen molar-refractivity contribution in [3.8, 4) is 0 Å². The lowest BCUT2D eigenvalue weighted by atomic mass is 9.92. The summed E-state index contributed by atoms with van der Waals surface area (Å²) >= 11 is 0. The van der Waals surface area contributed by atoms with Crippen molar-refractivity contribution in [2.45, 2.75) is 57.7 Å². The minimum absolute atomic E-state index is 0.394. The van der Waals surface area contributed by atoms with E-state index in [0.29, 0.717) is 25.3 Å². The molecule has 102 valence electrons. The van der Waals surface area contributed by atoms with Gasteiger partial charge in [-0.05, 0) is 51.8 Å². The van der Waals surface area contributed by atoms with E-state index >= 15 is 0 Å². The topological polar surface area (TPSA) is 29.9 Å². The Kier molecular flexibility index (Phi) is 4.38. The lowest BCUT2D eigenvalue weighted by Gasteiger charge is -2.22. The Morgan fingerprint density at radius 2 is 2.33 bits per heavy atom. The Bertz CT molecular complexity index is 367. The Hall–Kier alpha value is -0.900. The van der Waals surface area contributed by atoms with Crippen LogP contribution in [0.3, 0.4) is 0 Å². The van der Waals surface area contributed by atoms with Gasteiger partial charge in [-0.25, -0.2) is 4.39 Å². The molecule has 0 spiro atoms. The van der Waals surface area contributed by atoms with Gasteiger partial charge < -0.3 is 5.32 Å². The summed E-state index contributed by atoms with van der Waals surface area (Å²) in [6, 6.07) is 2.36. The highest BCUT2D eigenvalue weighted by molar-refractivity contribution is 5.05. The van der Waals surface area contributed by atoms with Crippen LogP contribution in [0.2, 0.25) is 0 Å². The minimum Gasteiger partial charge on any atom is -0.317 e. The molecule has 1 aliphatic heterocycles. The van der Waals surface area contributed by atoms with Crippen molar-refractivity contribution >= 4 is 0 Å². The van der Waals surface area contributed by atoms with Gasteiger partial charge in [0, 0.05) is 18.7 Å². The van der Waals surface area contributed by atoms with Crippen LogP contribution in [0.25, 0.3) is 0 Å². The zero-order chi connectivity index (χ0) is 13.0. The molecule has 2 heterocycles. The first kappa shape index (κ1) is 13.5. The Balaban J connectivity index is 2.01. The Morgan fingerprint density at radius 3 is 3.11 bits per heavy atom. The highest BCUT2D eigenvalue weighted by Crippen LogP contribution is 2.28. The maximum atomic E-state index is 14.7. The van der Waals surface area contributed by atoms with E-state index in [1.165, 1.54) is 0 Å². The zero-order valence-corrected chi connectivity index (χ0v) is 11.5. The maximum absolute atomic E-state index is 14.7. The number of hydrogen-bond donors (Lipinski definition) is 1. The Labute approximate surface area is 109 Å². The second kappa shape index (κ2) is 5.83. The number of alkyl halides is 1. The highest BCUT2D eigenvalue weighted by Gasteiger charge is 2.31. The number of rotatable bonds is 4. The number of halogens is 1. The maximum Gasteiger partial charge on any atom is 0.117 e. The first-order chi connectivity index (χ1) is 8.63. The Morgan fingerprint density at radius 1 is 1.50 bits per heavy atom. The van der Waals surface area contributed by atoms with E-state index in [1.54, 1.807) is 0 Å². The fourth-order valence-electron chi connectivity index (χ4n) is 2.50. The van der Waals surface area contributed by atoms with Crippen LogP contribution >= 0.6 is 0 Å². The first-order valence-electron chi connectivity index (χ1n) is 7.07. The predicted octanol–water partition coefficient (Wildman–Crippen LogP) is 2.88. The highest BCUT2D eigenvalue weighted by atomic mass is 19.1. The van der Waals surface area contributed by atoms with E-state index < -0.39 is 5.67 Å². The van der Waals surface area contributed by atoms with Crippen molar-refractivity contribution in [3.63, 3.8) is 0 Å². The van der Waals surface area contributed by atoms with Gasteiger partial charge >= 0.3 is 0 Å². The van der Waals surface area contributed by atoms with E-state index in [2.05, 4.69) is 24.3 Å². The van der Waals surface area contributed by atoms with Gasteiger partial charge in [-0.15, -0.1) is 0 Å². The summed E-state index contributed by atoms with van der Waals surface area (Å²) in [5.41, 5.74) is -0.183. The van der Waals surface area contributed by atoms with E-state index in [9.17, 15) is 4.39 Å². The van der Waals surface area contributed by atoms with E-state index in [1.807, 2.05) is 16.9 Å². The van der Waals surface area contributed by atoms with Crippen molar-refractivity contribution < 1.29 is 4.39 Å². The number of nitrogens with one attached hydrogen (secondary N) is 1. The van der Waals surface area contributed by atoms with Crippen LogP contribution < -0.4 is 5.32 Å². The van der Waals surface area contributed by atoms with Crippen molar-refractivity contribution in [1.29, 1.82) is 0 Å². The standard InChI is InChI=1S/C14H24FN3/c1-3-12(2)18-10-5-13(17-18)11-14(15)6-4-8-16-9-7-14/h5,10,12,16H,3-4,6-9,11H2,1-2H3. The van der Waals surface area contributed by atoms with Crippen LogP contribution in [0.1, 0.15) is 51.3 Å². The van der Waals surface area contributed by atoms with Crippen molar-refractivity contribution in [2.75, 3.05) is 13.1 Å². The van der Waals surface area contributed by atoms with Crippen molar-refractivity contribution in [2.24, 2.45) is 0 Å². The summed E-state index contributed by atoms with van der Waals surface area (Å²) in [6.45, 7) is 5.99. The smallest absolute Gasteiger partial charge is 0.117 e. The molecule has 1 aliphatic rings. The largest absolute Gasteiger partial charge is 0.317 e. The number of hydrogen-bond acceptors (Lipinski definition) is 2. The minimum atomic E-state index is -1.07. The van der Waals surface area contributed by atoms with Crippen LogP contribution in [0, 0.1) is 0 Å². The number of nitrogens with zero attached hydrogens (tertiary/aromatic N) is 2. The van der Waals surface area contributed by atoms with Crippen LogP contribution in [0.15, 0.2) is 12.3 Å². The second-order valence-electron chi connectivity index (χ2n) is 5.48. The molecular formula is C14H24FN3. The molecular weight excluding hydrogens is 229 g/mol. The molecule has 1 saturated heterocycles. The third kappa shape index (κ3) is 3.31. The van der Waals surface area contributed by atoms with Crippen LogP contribution in [-0.2, 0) is 6.42 Å². The van der Waals surface area contributed by atoms with Crippen LogP contribution in [0.5, 0.6) is 0 Å². The summed E-state index contributed by atoms with van der Waals surface area (Å²) in [6.07, 6.45) is 5.65. The van der Waals surface area contributed by atoms with Gasteiger partial charge in [0.25, 0.3) is 0 Å². The van der Waals surface area contributed by atoms with Gasteiger partial charge in [-0.1, -0.05) is 6.92 Å². The second-order valence-corrected chi connectivity index (χ2v) is 5.48. The lowest BCUT2D eigenvalue weighted by molar-refractivity contribution is 0.142. The molecule has 0 amide bonds. The van der Waals surface area contributed by atoms with Gasteiger partial charge in [-0.3, -0.25) is 4.68 Å². The molecule has 1 fully saturated rings. The van der Waals surface area contributed by atoms with E-state index in [4.69, 9.17) is 0 Å². The third-order valence-electron chi connectivity index (χ3n) is 3.93. The molecule has 1 N–H and O–H groups in total. The molecule has 3 nitrogen and oxygen atoms in total. The van der Waals surface area contributed by atoms with Crippen molar-refractivity contribution in [1.82, 2.24) is 15.1 Å². The molecule has 0 bridgehead atoms. The van der Waals surface area contributed by atoms with E-state index in [0.717, 1.165) is 31.6 Å². The van der Waals surface area contributed by atoms with Gasteiger partial charge in [0.1, 0.15) is 5.67 Å². The molecule has 4 heteroatoms. The summed E-state index contributed by atoms with van der Waals surface area (Å²) in [7, 11) is 0. The molecule has 0 aromatic carbocycles. The quantitative estimate of drug-likeness (QED) is 0.894. The molecule has 0 aliphatic carbocycles. The fourth-order valence-corrected chi connectivity index (χ4v) is 2.50. The molecule has 2 rings (SSSR count). The molecule has 18 heavy (non-hydrogen) atoms. The van der Waals surface area contributed by atoms with Crippen molar-refractivity contribution in [3.05, 3.63) is 18.0 Å². The van der Waals surface area contributed by atoms with Gasteiger partial charge in [0.05, 0.1) is 5.69 Å². The molecule has 2 atom stereocenters. The normalized spacial score (nSPS) is 26.8. The zero-order valence-electron chi connectivity index (χ0n) is 11.5. The summed E-state index contributed by atoms with van der Waals surface area (Å²) < 4.78 is 16.7. The third-order valence-corrected chi connectivity index (χ3v) is 3.93. The molecule has 1 aromatic heterocycles. The molecule has 0 radical (unpaired) electrons. The average Bonchev–Trinajstić information content (AvgIpc) is 2.70. The van der Waals surface area contributed by atoms with E-state index in [-0.39, 0.29) is 0 Å². The molecule has 1 aromatic rings. The van der Waals surface area contributed by atoms with Crippen LogP contribution in [0.4, 0.5) is 4.39 Å². The fraction of sp³-hybridized carbons (Fsp3) is 0.786. The summed E-state index contributed by atoms with van der Waals surface area (Å²) in [4.78, 5) is 0. The predicted molar refractivity (Wildman–Crippen MR) is 71.5 cm³/mol. The molecule has 0 saturated carbocycles. The molecule has 2 unspecified atom stereocenters.